The van der Waals surface area contributed by atoms with Crippen LogP contribution in [0.1, 0.15) is 10.4 Å². The average molecular weight is 193 g/mol. The maximum atomic E-state index is 11.3. The topological polar surface area (TPSA) is 72.8 Å². The molecule has 0 N–H and O–H groups in total. The van der Waals surface area contributed by atoms with E-state index < -0.39 is 11.8 Å². The van der Waals surface area contributed by atoms with Gasteiger partial charge in [0.2, 0.25) is 0 Å². The molecule has 0 amide bonds. The minimum absolute atomic E-state index is 0.0469. The summed E-state index contributed by atoms with van der Waals surface area (Å²) in [6.45, 7) is 0. The standard InChI is InChI=1S/C9H7NO4/c1-14-9(12)8(11)6-4-2-3-5-7(6)10-13/h2-5H,1H3. The smallest absolute Gasteiger partial charge is 0.379 e. The maximum absolute atomic E-state index is 11.3. The van der Waals surface area contributed by atoms with E-state index in [1.807, 2.05) is 0 Å². The van der Waals surface area contributed by atoms with Gasteiger partial charge in [-0.2, -0.15) is 0 Å². The zero-order valence-electron chi connectivity index (χ0n) is 7.39. The van der Waals surface area contributed by atoms with Crippen LogP contribution in [0.4, 0.5) is 5.69 Å². The molecular formula is C9H7NO4. The van der Waals surface area contributed by atoms with Crippen molar-refractivity contribution in [3.8, 4) is 0 Å². The minimum atomic E-state index is -1.01. The third-order valence-corrected chi connectivity index (χ3v) is 1.62. The van der Waals surface area contributed by atoms with Gasteiger partial charge in [-0.3, -0.25) is 4.79 Å². The van der Waals surface area contributed by atoms with Gasteiger partial charge in [0.05, 0.1) is 12.7 Å². The lowest BCUT2D eigenvalue weighted by Crippen LogP contribution is -2.15. The first-order valence-electron chi connectivity index (χ1n) is 3.75. The van der Waals surface area contributed by atoms with Crippen molar-refractivity contribution >= 4 is 17.4 Å². The number of hydrogen-bond donors (Lipinski definition) is 0. The van der Waals surface area contributed by atoms with Gasteiger partial charge in [-0.1, -0.05) is 12.1 Å². The third-order valence-electron chi connectivity index (χ3n) is 1.62. The number of benzene rings is 1. The maximum Gasteiger partial charge on any atom is 0.379 e. The van der Waals surface area contributed by atoms with Gasteiger partial charge in [-0.15, -0.1) is 4.91 Å². The molecule has 1 aromatic carbocycles. The molecule has 0 fully saturated rings. The molecule has 0 unspecified atom stereocenters. The molecule has 0 saturated carbocycles. The molecule has 1 rings (SSSR count). The Morgan fingerprint density at radius 2 is 1.93 bits per heavy atom. The van der Waals surface area contributed by atoms with E-state index in [-0.39, 0.29) is 11.3 Å². The highest BCUT2D eigenvalue weighted by atomic mass is 16.5. The molecule has 0 bridgehead atoms. The van der Waals surface area contributed by atoms with Gasteiger partial charge in [0.15, 0.2) is 0 Å². The van der Waals surface area contributed by atoms with E-state index in [0.29, 0.717) is 0 Å². The van der Waals surface area contributed by atoms with E-state index in [1.54, 1.807) is 6.07 Å². The average Bonchev–Trinajstić information content (AvgIpc) is 2.26. The summed E-state index contributed by atoms with van der Waals surface area (Å²) < 4.78 is 4.23. The molecule has 0 saturated heterocycles. The number of ether oxygens (including phenoxy) is 1. The van der Waals surface area contributed by atoms with Crippen molar-refractivity contribution in [3.63, 3.8) is 0 Å². The van der Waals surface area contributed by atoms with Crippen molar-refractivity contribution in [2.24, 2.45) is 5.18 Å². The van der Waals surface area contributed by atoms with Crippen LogP contribution >= 0.6 is 0 Å². The number of methoxy groups -OCH3 is 1. The van der Waals surface area contributed by atoms with Crippen LogP contribution in [0, 0.1) is 4.91 Å². The van der Waals surface area contributed by atoms with E-state index in [2.05, 4.69) is 9.91 Å². The lowest BCUT2D eigenvalue weighted by molar-refractivity contribution is -0.135. The lowest BCUT2D eigenvalue weighted by Gasteiger charge is -1.99. The van der Waals surface area contributed by atoms with Crippen LogP contribution in [0.15, 0.2) is 29.4 Å². The summed E-state index contributed by atoms with van der Waals surface area (Å²) in [5.41, 5.74) is -0.114. The molecule has 1 aromatic rings. The predicted octanol–water partition coefficient (Wildman–Crippen LogP) is 1.44. The number of carbonyl (C=O) groups excluding carboxylic acids is 2. The Kier molecular flexibility index (Phi) is 3.06. The first-order valence-corrected chi connectivity index (χ1v) is 3.75. The van der Waals surface area contributed by atoms with Gasteiger partial charge in [0, 0.05) is 0 Å². The Morgan fingerprint density at radius 1 is 1.29 bits per heavy atom. The number of Topliss-reactive ketones (excluding diaryl/α,β-unsaturated/α-hetero) is 1. The van der Waals surface area contributed by atoms with Crippen LogP contribution in [-0.4, -0.2) is 18.9 Å². The molecule has 5 heteroatoms. The summed E-state index contributed by atoms with van der Waals surface area (Å²) in [6, 6.07) is 5.77. The summed E-state index contributed by atoms with van der Waals surface area (Å²) in [5.74, 6) is -1.89. The van der Waals surface area contributed by atoms with E-state index in [1.165, 1.54) is 18.2 Å². The molecule has 72 valence electrons. The fraction of sp³-hybridized carbons (Fsp3) is 0.111. The van der Waals surface area contributed by atoms with Crippen molar-refractivity contribution in [1.82, 2.24) is 0 Å². The van der Waals surface area contributed by atoms with E-state index in [9.17, 15) is 14.5 Å². The zero-order chi connectivity index (χ0) is 10.6. The monoisotopic (exact) mass is 193 g/mol. The fourth-order valence-electron chi connectivity index (χ4n) is 0.948. The van der Waals surface area contributed by atoms with Crippen LogP contribution < -0.4 is 0 Å². The molecule has 14 heavy (non-hydrogen) atoms. The number of esters is 1. The SMILES string of the molecule is COC(=O)C(=O)c1ccccc1N=O. The van der Waals surface area contributed by atoms with Gasteiger partial charge in [-0.25, -0.2) is 4.79 Å². The normalized spacial score (nSPS) is 9.21. The highest BCUT2D eigenvalue weighted by molar-refractivity contribution is 6.41. The van der Waals surface area contributed by atoms with Gasteiger partial charge in [0.1, 0.15) is 5.69 Å². The Bertz CT molecular complexity index is 386. The van der Waals surface area contributed by atoms with E-state index >= 15 is 0 Å². The number of ketones is 1. The van der Waals surface area contributed by atoms with Crippen LogP contribution in [0.5, 0.6) is 0 Å². The van der Waals surface area contributed by atoms with Crippen molar-refractivity contribution < 1.29 is 14.3 Å². The molecule has 5 nitrogen and oxygen atoms in total. The first kappa shape index (κ1) is 10.0. The zero-order valence-corrected chi connectivity index (χ0v) is 7.39. The number of hydrogen-bond acceptors (Lipinski definition) is 5. The van der Waals surface area contributed by atoms with Gasteiger partial charge >= 0.3 is 5.97 Å². The molecule has 0 radical (unpaired) electrons. The predicted molar refractivity (Wildman–Crippen MR) is 48.2 cm³/mol. The second kappa shape index (κ2) is 4.27. The molecule has 0 atom stereocenters. The second-order valence-electron chi connectivity index (χ2n) is 2.43. The third kappa shape index (κ3) is 1.82. The number of carbonyl (C=O) groups is 2. The van der Waals surface area contributed by atoms with Crippen LogP contribution in [0.25, 0.3) is 0 Å². The Hall–Kier alpha value is -2.04. The quantitative estimate of drug-likeness (QED) is 0.315. The molecule has 0 spiro atoms. The highest BCUT2D eigenvalue weighted by Crippen LogP contribution is 2.18. The van der Waals surface area contributed by atoms with E-state index in [4.69, 9.17) is 0 Å². The first-order chi connectivity index (χ1) is 6.70. The largest absolute Gasteiger partial charge is 0.463 e. The lowest BCUT2D eigenvalue weighted by atomic mass is 10.1. The van der Waals surface area contributed by atoms with Gasteiger partial charge < -0.3 is 4.74 Å². The summed E-state index contributed by atoms with van der Waals surface area (Å²) in [7, 11) is 1.09. The Labute approximate surface area is 79.7 Å². The number of rotatable bonds is 3. The number of nitrogens with zero attached hydrogens (tertiary/aromatic N) is 1. The molecule has 0 aromatic heterocycles. The molecule has 0 heterocycles. The second-order valence-corrected chi connectivity index (χ2v) is 2.43. The Balaban J connectivity index is 3.12. The summed E-state index contributed by atoms with van der Waals surface area (Å²) in [4.78, 5) is 32.4. The van der Waals surface area contributed by atoms with Crippen LogP contribution in [0.2, 0.25) is 0 Å². The Morgan fingerprint density at radius 3 is 2.50 bits per heavy atom. The van der Waals surface area contributed by atoms with Gasteiger partial charge in [0.25, 0.3) is 5.78 Å². The van der Waals surface area contributed by atoms with Crippen molar-refractivity contribution in [1.29, 1.82) is 0 Å². The molecule has 0 aliphatic carbocycles. The molecule has 0 aliphatic rings. The van der Waals surface area contributed by atoms with Crippen LogP contribution in [-0.2, 0) is 9.53 Å². The molecular weight excluding hydrogens is 186 g/mol. The summed E-state index contributed by atoms with van der Waals surface area (Å²) in [6.07, 6.45) is 0. The van der Waals surface area contributed by atoms with Gasteiger partial charge in [-0.05, 0) is 17.3 Å². The van der Waals surface area contributed by atoms with Crippen molar-refractivity contribution in [3.05, 3.63) is 34.7 Å². The van der Waals surface area contributed by atoms with Crippen molar-refractivity contribution in [2.45, 2.75) is 0 Å². The number of nitroso groups, excluding NO2 is 1. The summed E-state index contributed by atoms with van der Waals surface area (Å²) in [5, 5.41) is 2.63. The summed E-state index contributed by atoms with van der Waals surface area (Å²) >= 11 is 0. The highest BCUT2D eigenvalue weighted by Gasteiger charge is 2.19. The fourth-order valence-corrected chi connectivity index (χ4v) is 0.948. The molecule has 0 aliphatic heterocycles. The minimum Gasteiger partial charge on any atom is -0.463 e. The van der Waals surface area contributed by atoms with Crippen LogP contribution in [0.3, 0.4) is 0 Å². The van der Waals surface area contributed by atoms with Crippen molar-refractivity contribution in [2.75, 3.05) is 7.11 Å². The van der Waals surface area contributed by atoms with E-state index in [0.717, 1.165) is 7.11 Å².